The second-order valence-corrected chi connectivity index (χ2v) is 9.48. The molecule has 146 valence electrons. The maximum Gasteiger partial charge on any atom is 0.316 e. The van der Waals surface area contributed by atoms with Crippen LogP contribution in [0, 0.1) is 34.5 Å². The summed E-state index contributed by atoms with van der Waals surface area (Å²) >= 11 is 0. The van der Waals surface area contributed by atoms with Crippen LogP contribution in [0.4, 0.5) is 0 Å². The summed E-state index contributed by atoms with van der Waals surface area (Å²) in [6.07, 6.45) is 5.54. The Morgan fingerprint density at radius 2 is 2.00 bits per heavy atom. The van der Waals surface area contributed by atoms with Crippen LogP contribution in [0.25, 0.3) is 0 Å². The maximum atomic E-state index is 12.7. The smallest absolute Gasteiger partial charge is 0.316 e. The Hall–Kier alpha value is -1.16. The number of hydrogen-bond acceptors (Lipinski definition) is 4. The lowest BCUT2D eigenvalue weighted by Crippen LogP contribution is -2.51. The molecule has 0 bridgehead atoms. The molecule has 0 radical (unpaired) electrons. The molecule has 0 aromatic heterocycles. The first kappa shape index (κ1) is 19.6. The minimum absolute atomic E-state index is 0.0454. The first-order valence-electron chi connectivity index (χ1n) is 10.2. The highest BCUT2D eigenvalue weighted by atomic mass is 16.5. The monoisotopic (exact) mass is 362 g/mol. The summed E-state index contributed by atoms with van der Waals surface area (Å²) in [6, 6.07) is 0. The summed E-state index contributed by atoms with van der Waals surface area (Å²) in [5, 5.41) is 11.5. The molecule has 2 fully saturated rings. The van der Waals surface area contributed by atoms with E-state index in [0.717, 1.165) is 31.3 Å². The Balaban J connectivity index is 2.03. The van der Waals surface area contributed by atoms with Gasteiger partial charge in [0.25, 0.3) is 0 Å². The number of fused-ring (bicyclic) bond motifs is 2. The van der Waals surface area contributed by atoms with Crippen molar-refractivity contribution >= 4 is 11.8 Å². The van der Waals surface area contributed by atoms with Crippen LogP contribution in [-0.4, -0.2) is 29.6 Å². The van der Waals surface area contributed by atoms with Crippen molar-refractivity contribution < 1.29 is 19.4 Å². The Morgan fingerprint density at radius 1 is 1.31 bits per heavy atom. The number of carbonyl (C=O) groups is 2. The molecule has 1 N–H and O–H groups in total. The zero-order valence-corrected chi connectivity index (χ0v) is 16.9. The number of aliphatic hydroxyl groups is 1. The number of Topliss-reactive ketones (excluding diaryl/α,β-unsaturated/α-hetero) is 1. The molecular weight excluding hydrogens is 328 g/mol. The van der Waals surface area contributed by atoms with Crippen molar-refractivity contribution in [3.63, 3.8) is 0 Å². The van der Waals surface area contributed by atoms with Gasteiger partial charge < -0.3 is 9.84 Å². The quantitative estimate of drug-likeness (QED) is 0.470. The third-order valence-corrected chi connectivity index (χ3v) is 7.74. The predicted molar refractivity (Wildman–Crippen MR) is 100 cm³/mol. The van der Waals surface area contributed by atoms with Gasteiger partial charge in [-0.25, -0.2) is 0 Å². The van der Waals surface area contributed by atoms with Gasteiger partial charge in [0.1, 0.15) is 11.7 Å². The lowest BCUT2D eigenvalue weighted by atomic mass is 9.59. The van der Waals surface area contributed by atoms with E-state index in [0.29, 0.717) is 18.3 Å². The summed E-state index contributed by atoms with van der Waals surface area (Å²) in [7, 11) is 0. The molecule has 0 aliphatic heterocycles. The zero-order valence-electron chi connectivity index (χ0n) is 16.9. The van der Waals surface area contributed by atoms with Crippen LogP contribution >= 0.6 is 0 Å². The number of hydrogen-bond donors (Lipinski definition) is 1. The highest BCUT2D eigenvalue weighted by molar-refractivity contribution is 6.00. The Morgan fingerprint density at radius 3 is 2.62 bits per heavy atom. The molecule has 3 aliphatic rings. The largest absolute Gasteiger partial charge is 0.465 e. The first-order chi connectivity index (χ1) is 12.2. The molecule has 4 heteroatoms. The summed E-state index contributed by atoms with van der Waals surface area (Å²) in [4.78, 5) is 25.3. The topological polar surface area (TPSA) is 63.6 Å². The highest BCUT2D eigenvalue weighted by Gasteiger charge is 2.59. The lowest BCUT2D eigenvalue weighted by Gasteiger charge is -2.45. The van der Waals surface area contributed by atoms with Crippen molar-refractivity contribution in [2.24, 2.45) is 34.5 Å². The van der Waals surface area contributed by atoms with Gasteiger partial charge in [-0.05, 0) is 60.8 Å². The molecule has 3 aliphatic carbocycles. The Kier molecular flexibility index (Phi) is 5.11. The van der Waals surface area contributed by atoms with Gasteiger partial charge in [0, 0.05) is 12.3 Å². The van der Waals surface area contributed by atoms with Crippen LogP contribution in [0.15, 0.2) is 11.6 Å². The van der Waals surface area contributed by atoms with Crippen molar-refractivity contribution in [1.82, 2.24) is 0 Å². The molecule has 3 rings (SSSR count). The second kappa shape index (κ2) is 6.78. The van der Waals surface area contributed by atoms with Crippen LogP contribution in [0.1, 0.15) is 66.7 Å². The first-order valence-corrected chi connectivity index (χ1v) is 10.2. The number of aliphatic hydroxyl groups excluding tert-OH is 1. The van der Waals surface area contributed by atoms with Gasteiger partial charge >= 0.3 is 5.97 Å². The van der Waals surface area contributed by atoms with E-state index in [-0.39, 0.29) is 29.1 Å². The number of ketones is 1. The van der Waals surface area contributed by atoms with Gasteiger partial charge in [-0.3, -0.25) is 9.59 Å². The van der Waals surface area contributed by atoms with Crippen molar-refractivity contribution in [2.45, 2.75) is 72.8 Å². The average Bonchev–Trinajstić information content (AvgIpc) is 2.89. The van der Waals surface area contributed by atoms with Crippen LogP contribution in [0.2, 0.25) is 0 Å². The predicted octanol–water partition coefficient (Wildman–Crippen LogP) is 3.91. The summed E-state index contributed by atoms with van der Waals surface area (Å²) in [5.74, 6) is -0.668. The molecule has 3 unspecified atom stereocenters. The highest BCUT2D eigenvalue weighted by Crippen LogP contribution is 2.61. The molecule has 0 amide bonds. The fourth-order valence-corrected chi connectivity index (χ4v) is 6.19. The Labute approximate surface area is 157 Å². The van der Waals surface area contributed by atoms with Gasteiger partial charge in [0.2, 0.25) is 0 Å². The number of rotatable bonds is 3. The molecule has 4 nitrogen and oxygen atoms in total. The molecule has 0 heterocycles. The molecule has 0 spiro atoms. The van der Waals surface area contributed by atoms with Gasteiger partial charge in [-0.1, -0.05) is 33.8 Å². The lowest BCUT2D eigenvalue weighted by molar-refractivity contribution is -0.163. The summed E-state index contributed by atoms with van der Waals surface area (Å²) < 4.78 is 5.24. The van der Waals surface area contributed by atoms with E-state index < -0.39 is 18.0 Å². The van der Waals surface area contributed by atoms with Gasteiger partial charge in [0.15, 0.2) is 0 Å². The zero-order chi connectivity index (χ0) is 19.3. The van der Waals surface area contributed by atoms with Gasteiger partial charge in [-0.15, -0.1) is 0 Å². The minimum Gasteiger partial charge on any atom is -0.465 e. The third-order valence-electron chi connectivity index (χ3n) is 7.74. The van der Waals surface area contributed by atoms with E-state index in [9.17, 15) is 14.7 Å². The van der Waals surface area contributed by atoms with Crippen molar-refractivity contribution in [3.05, 3.63) is 11.6 Å². The van der Waals surface area contributed by atoms with Gasteiger partial charge in [0.05, 0.1) is 12.7 Å². The van der Waals surface area contributed by atoms with Crippen LogP contribution < -0.4 is 0 Å². The van der Waals surface area contributed by atoms with Crippen LogP contribution in [-0.2, 0) is 14.3 Å². The summed E-state index contributed by atoms with van der Waals surface area (Å²) in [5.41, 5.74) is 0.811. The fourth-order valence-electron chi connectivity index (χ4n) is 6.19. The van der Waals surface area contributed by atoms with Crippen molar-refractivity contribution in [1.29, 1.82) is 0 Å². The molecule has 0 aromatic rings. The normalized spacial score (nSPS) is 42.7. The van der Waals surface area contributed by atoms with Crippen molar-refractivity contribution in [3.8, 4) is 0 Å². The average molecular weight is 363 g/mol. The molecule has 6 atom stereocenters. The van der Waals surface area contributed by atoms with Crippen molar-refractivity contribution in [2.75, 3.05) is 6.61 Å². The molecule has 0 aromatic carbocycles. The molecular formula is C22H34O4. The SMILES string of the molecule is CCOC(=O)C1C(=O)CC[C@@]2(C)CC[C@@]3(C)C(=CC[C@@H]3C(C)C)C(O)C12. The number of esters is 1. The number of allylic oxidation sites excluding steroid dienone is 1. The third kappa shape index (κ3) is 2.85. The minimum atomic E-state index is -0.829. The number of carbonyl (C=O) groups excluding carboxylic acids is 2. The molecule has 26 heavy (non-hydrogen) atoms. The van der Waals surface area contributed by atoms with E-state index in [1.165, 1.54) is 0 Å². The van der Waals surface area contributed by atoms with E-state index in [1.54, 1.807) is 6.92 Å². The molecule has 0 saturated heterocycles. The fraction of sp³-hybridized carbons (Fsp3) is 0.818. The molecule has 2 saturated carbocycles. The van der Waals surface area contributed by atoms with Crippen LogP contribution in [0.5, 0.6) is 0 Å². The van der Waals surface area contributed by atoms with E-state index >= 15 is 0 Å². The van der Waals surface area contributed by atoms with E-state index in [4.69, 9.17) is 4.74 Å². The van der Waals surface area contributed by atoms with Gasteiger partial charge in [-0.2, -0.15) is 0 Å². The van der Waals surface area contributed by atoms with Crippen LogP contribution in [0.3, 0.4) is 0 Å². The number of ether oxygens (including phenoxy) is 1. The Bertz CT molecular complexity index is 622. The second-order valence-electron chi connectivity index (χ2n) is 9.48. The van der Waals surface area contributed by atoms with E-state index in [1.807, 2.05) is 0 Å². The van der Waals surface area contributed by atoms with E-state index in [2.05, 4.69) is 33.8 Å². The summed E-state index contributed by atoms with van der Waals surface area (Å²) in [6.45, 7) is 11.0. The maximum absolute atomic E-state index is 12.7. The standard InChI is InChI=1S/C22H34O4/c1-6-26-20(25)17-16(23)9-10-21(4)11-12-22(5)14(13(2)3)7-8-15(22)19(24)18(17)21/h8,13-14,17-19,24H,6-7,9-12H2,1-5H3/t14-,17?,18?,19?,21+,22-/m1/s1.